The molecule has 0 fully saturated rings. The van der Waals surface area contributed by atoms with E-state index in [1.807, 2.05) is 0 Å². The van der Waals surface area contributed by atoms with Gasteiger partial charge in [0.25, 0.3) is 5.89 Å². The summed E-state index contributed by atoms with van der Waals surface area (Å²) in [7, 11) is 4.53. The van der Waals surface area contributed by atoms with Crippen molar-refractivity contribution in [1.82, 2.24) is 10.1 Å². The van der Waals surface area contributed by atoms with Crippen LogP contribution in [-0.2, 0) is 0 Å². The molecule has 6 nitrogen and oxygen atoms in total. The Balaban J connectivity index is 1.93. The van der Waals surface area contributed by atoms with Crippen molar-refractivity contribution in [3.05, 3.63) is 53.4 Å². The monoisotopic (exact) mass is 374 g/mol. The highest BCUT2D eigenvalue weighted by Crippen LogP contribution is 2.40. The Morgan fingerprint density at radius 2 is 1.59 bits per heavy atom. The molecule has 0 radical (unpaired) electrons. The SMILES string of the molecule is COc1ccc(/C=C/c2noc(-c3c(F)cccc3F)n2)c(OC)c1OC. The molecule has 3 rings (SSSR count). The van der Waals surface area contributed by atoms with Crippen LogP contribution in [-0.4, -0.2) is 31.5 Å². The normalized spacial score (nSPS) is 11.0. The zero-order valence-electron chi connectivity index (χ0n) is 14.8. The highest BCUT2D eigenvalue weighted by atomic mass is 19.1. The van der Waals surface area contributed by atoms with Crippen molar-refractivity contribution >= 4 is 12.2 Å². The van der Waals surface area contributed by atoms with Crippen molar-refractivity contribution in [3.8, 4) is 28.7 Å². The van der Waals surface area contributed by atoms with E-state index in [-0.39, 0.29) is 17.3 Å². The number of methoxy groups -OCH3 is 3. The number of benzene rings is 2. The molecule has 0 amide bonds. The molecule has 27 heavy (non-hydrogen) atoms. The number of ether oxygens (including phenoxy) is 3. The third-order valence-corrected chi connectivity index (χ3v) is 3.76. The predicted molar refractivity (Wildman–Crippen MR) is 94.7 cm³/mol. The van der Waals surface area contributed by atoms with Crippen LogP contribution in [0.3, 0.4) is 0 Å². The molecule has 0 aliphatic heterocycles. The Kier molecular flexibility index (Phi) is 5.35. The molecule has 0 saturated heterocycles. The maximum Gasteiger partial charge on any atom is 0.264 e. The van der Waals surface area contributed by atoms with Gasteiger partial charge in [0.1, 0.15) is 17.2 Å². The minimum absolute atomic E-state index is 0.143. The van der Waals surface area contributed by atoms with Gasteiger partial charge in [-0.2, -0.15) is 4.98 Å². The number of hydrogen-bond acceptors (Lipinski definition) is 6. The van der Waals surface area contributed by atoms with Gasteiger partial charge in [0.05, 0.1) is 21.3 Å². The first-order valence-electron chi connectivity index (χ1n) is 7.84. The van der Waals surface area contributed by atoms with Crippen LogP contribution in [0.25, 0.3) is 23.6 Å². The van der Waals surface area contributed by atoms with Crippen LogP contribution in [0.4, 0.5) is 8.78 Å². The van der Waals surface area contributed by atoms with E-state index < -0.39 is 11.6 Å². The minimum atomic E-state index is -0.782. The van der Waals surface area contributed by atoms with Crippen molar-refractivity contribution in [1.29, 1.82) is 0 Å². The summed E-state index contributed by atoms with van der Waals surface area (Å²) in [6.45, 7) is 0. The standard InChI is InChI=1S/C19H16F2N2O4/c1-24-14-9-7-11(17(25-2)18(14)26-3)8-10-15-22-19(27-23-15)16-12(20)5-4-6-13(16)21/h4-10H,1-3H3/b10-8+. The largest absolute Gasteiger partial charge is 0.493 e. The van der Waals surface area contributed by atoms with Gasteiger partial charge in [-0.05, 0) is 36.4 Å². The maximum atomic E-state index is 13.8. The van der Waals surface area contributed by atoms with Gasteiger partial charge in [-0.15, -0.1) is 0 Å². The smallest absolute Gasteiger partial charge is 0.264 e. The van der Waals surface area contributed by atoms with Crippen molar-refractivity contribution in [2.75, 3.05) is 21.3 Å². The fourth-order valence-corrected chi connectivity index (χ4v) is 2.53. The Morgan fingerprint density at radius 3 is 2.22 bits per heavy atom. The van der Waals surface area contributed by atoms with Crippen LogP contribution in [0.5, 0.6) is 17.2 Å². The Morgan fingerprint density at radius 1 is 0.889 bits per heavy atom. The van der Waals surface area contributed by atoms with Crippen LogP contribution >= 0.6 is 0 Å². The van der Waals surface area contributed by atoms with E-state index in [2.05, 4.69) is 10.1 Å². The lowest BCUT2D eigenvalue weighted by molar-refractivity contribution is 0.324. The van der Waals surface area contributed by atoms with Crippen molar-refractivity contribution < 1.29 is 27.5 Å². The van der Waals surface area contributed by atoms with Gasteiger partial charge in [-0.1, -0.05) is 11.2 Å². The van der Waals surface area contributed by atoms with Crippen LogP contribution in [0.2, 0.25) is 0 Å². The van der Waals surface area contributed by atoms with E-state index in [4.69, 9.17) is 18.7 Å². The summed E-state index contributed by atoms with van der Waals surface area (Å²) < 4.78 is 48.6. The summed E-state index contributed by atoms with van der Waals surface area (Å²) in [5, 5.41) is 3.72. The lowest BCUT2D eigenvalue weighted by Crippen LogP contribution is -1.96. The first-order valence-corrected chi connectivity index (χ1v) is 7.84. The molecule has 3 aromatic rings. The molecule has 0 aliphatic carbocycles. The van der Waals surface area contributed by atoms with Crippen LogP contribution < -0.4 is 14.2 Å². The van der Waals surface area contributed by atoms with E-state index in [9.17, 15) is 8.78 Å². The summed E-state index contributed by atoms with van der Waals surface area (Å²) in [6.07, 6.45) is 3.18. The van der Waals surface area contributed by atoms with Crippen molar-refractivity contribution in [2.45, 2.75) is 0 Å². The molecular formula is C19H16F2N2O4. The number of rotatable bonds is 6. The molecule has 8 heteroatoms. The van der Waals surface area contributed by atoms with Crippen LogP contribution in [0.1, 0.15) is 11.4 Å². The molecule has 0 unspecified atom stereocenters. The highest BCUT2D eigenvalue weighted by Gasteiger charge is 2.18. The first kappa shape index (κ1) is 18.4. The summed E-state index contributed by atoms with van der Waals surface area (Å²) in [4.78, 5) is 4.01. The third-order valence-electron chi connectivity index (χ3n) is 3.76. The van der Waals surface area contributed by atoms with Gasteiger partial charge in [0.2, 0.25) is 5.75 Å². The molecule has 0 atom stereocenters. The zero-order valence-corrected chi connectivity index (χ0v) is 14.8. The quantitative estimate of drug-likeness (QED) is 0.644. The van der Waals surface area contributed by atoms with Crippen LogP contribution in [0, 0.1) is 11.6 Å². The predicted octanol–water partition coefficient (Wildman–Crippen LogP) is 4.21. The minimum Gasteiger partial charge on any atom is -0.493 e. The van der Waals surface area contributed by atoms with Crippen LogP contribution in [0.15, 0.2) is 34.9 Å². The topological polar surface area (TPSA) is 66.6 Å². The van der Waals surface area contributed by atoms with Crippen molar-refractivity contribution in [3.63, 3.8) is 0 Å². The molecule has 2 aromatic carbocycles. The van der Waals surface area contributed by atoms with E-state index >= 15 is 0 Å². The van der Waals surface area contributed by atoms with Gasteiger partial charge in [0, 0.05) is 5.56 Å². The van der Waals surface area contributed by atoms with E-state index in [1.165, 1.54) is 33.5 Å². The van der Waals surface area contributed by atoms with E-state index in [0.717, 1.165) is 12.1 Å². The second-order valence-corrected chi connectivity index (χ2v) is 5.31. The van der Waals surface area contributed by atoms with Gasteiger partial charge in [-0.3, -0.25) is 0 Å². The Labute approximate surface area is 154 Å². The van der Waals surface area contributed by atoms with Gasteiger partial charge in [-0.25, -0.2) is 8.78 Å². The lowest BCUT2D eigenvalue weighted by Gasteiger charge is -2.13. The molecule has 0 spiro atoms. The van der Waals surface area contributed by atoms with Gasteiger partial charge >= 0.3 is 0 Å². The first-order chi connectivity index (χ1) is 13.1. The highest BCUT2D eigenvalue weighted by molar-refractivity contribution is 5.74. The summed E-state index contributed by atoms with van der Waals surface area (Å²) in [5.41, 5.74) is 0.298. The molecule has 0 N–H and O–H groups in total. The Bertz CT molecular complexity index is 966. The number of nitrogens with zero attached hydrogens (tertiary/aromatic N) is 2. The summed E-state index contributed by atoms with van der Waals surface area (Å²) >= 11 is 0. The molecule has 1 heterocycles. The second-order valence-electron chi connectivity index (χ2n) is 5.31. The average Bonchev–Trinajstić information content (AvgIpc) is 3.13. The van der Waals surface area contributed by atoms with E-state index in [1.54, 1.807) is 18.2 Å². The zero-order chi connectivity index (χ0) is 19.4. The fraction of sp³-hybridized carbons (Fsp3) is 0.158. The fourth-order valence-electron chi connectivity index (χ4n) is 2.53. The second kappa shape index (κ2) is 7.86. The molecule has 0 saturated carbocycles. The lowest BCUT2D eigenvalue weighted by atomic mass is 10.1. The molecule has 140 valence electrons. The van der Waals surface area contributed by atoms with Gasteiger partial charge < -0.3 is 18.7 Å². The number of aromatic nitrogens is 2. The molecule has 0 bridgehead atoms. The molecule has 0 aliphatic rings. The molecular weight excluding hydrogens is 358 g/mol. The summed E-state index contributed by atoms with van der Waals surface area (Å²) in [5.74, 6) is -0.259. The maximum absolute atomic E-state index is 13.8. The van der Waals surface area contributed by atoms with E-state index in [0.29, 0.717) is 22.8 Å². The van der Waals surface area contributed by atoms with Crippen molar-refractivity contribution in [2.24, 2.45) is 0 Å². The average molecular weight is 374 g/mol. The summed E-state index contributed by atoms with van der Waals surface area (Å²) in [6, 6.07) is 6.97. The molecule has 1 aromatic heterocycles. The number of hydrogen-bond donors (Lipinski definition) is 0. The van der Waals surface area contributed by atoms with Gasteiger partial charge in [0.15, 0.2) is 17.3 Å². The number of halogens is 2. The third kappa shape index (κ3) is 3.59. The Hall–Kier alpha value is -3.42.